The molecule has 0 saturated heterocycles. The maximum Gasteiger partial charge on any atom is 0.228 e. The van der Waals surface area contributed by atoms with Crippen LogP contribution in [-0.2, 0) is 11.2 Å². The minimum absolute atomic E-state index is 0.0287. The van der Waals surface area contributed by atoms with Gasteiger partial charge in [-0.25, -0.2) is 0 Å². The lowest BCUT2D eigenvalue weighted by Gasteiger charge is -2.06. The first-order chi connectivity index (χ1) is 11.8. The van der Waals surface area contributed by atoms with Gasteiger partial charge in [-0.1, -0.05) is 54.6 Å². The minimum Gasteiger partial charge on any atom is -0.328 e. The summed E-state index contributed by atoms with van der Waals surface area (Å²) in [6.07, 6.45) is 4.92. The van der Waals surface area contributed by atoms with Crippen LogP contribution in [0.15, 0.2) is 71.4 Å². The van der Waals surface area contributed by atoms with E-state index in [0.717, 1.165) is 17.0 Å². The van der Waals surface area contributed by atoms with Crippen molar-refractivity contribution in [3.05, 3.63) is 71.9 Å². The summed E-state index contributed by atoms with van der Waals surface area (Å²) in [6, 6.07) is 18.4. The molecule has 1 saturated carbocycles. The first-order valence-corrected chi connectivity index (χ1v) is 8.47. The summed E-state index contributed by atoms with van der Waals surface area (Å²) < 4.78 is 0. The maximum atomic E-state index is 12.2. The normalized spacial score (nSPS) is 16.5. The van der Waals surface area contributed by atoms with Crippen molar-refractivity contribution in [2.24, 2.45) is 10.9 Å². The monoisotopic (exact) mass is 316 g/mol. The average molecular weight is 316 g/mol. The zero-order chi connectivity index (χ0) is 16.4. The van der Waals surface area contributed by atoms with Crippen LogP contribution in [0.1, 0.15) is 18.4 Å². The standard InChI is InChI=1S/C21H20N2O/c24-21(23-19-13-20(22-14-19)18-10-11-18)12-15-6-8-17(9-7-15)16-4-2-1-3-5-16/h1-9,13,18H,10-12,14H2,(H,23,24). The van der Waals surface area contributed by atoms with E-state index in [1.807, 2.05) is 36.4 Å². The highest BCUT2D eigenvalue weighted by Crippen LogP contribution is 2.32. The van der Waals surface area contributed by atoms with Crippen LogP contribution in [-0.4, -0.2) is 18.2 Å². The molecule has 1 N–H and O–H groups in total. The van der Waals surface area contributed by atoms with Crippen LogP contribution in [0.25, 0.3) is 11.1 Å². The number of allylic oxidation sites excluding steroid dienone is 1. The lowest BCUT2D eigenvalue weighted by molar-refractivity contribution is -0.119. The van der Waals surface area contributed by atoms with Gasteiger partial charge in [-0.05, 0) is 35.6 Å². The van der Waals surface area contributed by atoms with E-state index in [2.05, 4.69) is 34.6 Å². The lowest BCUT2D eigenvalue weighted by Crippen LogP contribution is -2.25. The van der Waals surface area contributed by atoms with Crippen molar-refractivity contribution in [2.45, 2.75) is 19.3 Å². The third-order valence-corrected chi connectivity index (χ3v) is 4.48. The van der Waals surface area contributed by atoms with Crippen LogP contribution in [0.4, 0.5) is 0 Å². The number of hydrogen-bond donors (Lipinski definition) is 1. The average Bonchev–Trinajstić information content (AvgIpc) is 3.36. The molecule has 24 heavy (non-hydrogen) atoms. The van der Waals surface area contributed by atoms with Crippen LogP contribution in [0, 0.1) is 5.92 Å². The molecule has 1 aliphatic heterocycles. The second-order valence-electron chi connectivity index (χ2n) is 6.47. The van der Waals surface area contributed by atoms with Crippen molar-refractivity contribution >= 4 is 11.6 Å². The Morgan fingerprint density at radius 1 is 1.00 bits per heavy atom. The van der Waals surface area contributed by atoms with Crippen molar-refractivity contribution < 1.29 is 4.79 Å². The molecular weight excluding hydrogens is 296 g/mol. The van der Waals surface area contributed by atoms with Crippen LogP contribution in [0.5, 0.6) is 0 Å². The van der Waals surface area contributed by atoms with Gasteiger partial charge in [-0.3, -0.25) is 9.79 Å². The van der Waals surface area contributed by atoms with Crippen molar-refractivity contribution in [1.29, 1.82) is 0 Å². The molecule has 0 bridgehead atoms. The number of rotatable bonds is 5. The van der Waals surface area contributed by atoms with Gasteiger partial charge in [-0.2, -0.15) is 0 Å². The van der Waals surface area contributed by atoms with Crippen molar-refractivity contribution in [1.82, 2.24) is 5.32 Å². The summed E-state index contributed by atoms with van der Waals surface area (Å²) in [4.78, 5) is 16.7. The Morgan fingerprint density at radius 3 is 2.42 bits per heavy atom. The van der Waals surface area contributed by atoms with E-state index < -0.39 is 0 Å². The number of nitrogens with zero attached hydrogens (tertiary/aromatic N) is 1. The zero-order valence-electron chi connectivity index (χ0n) is 13.5. The van der Waals surface area contributed by atoms with E-state index in [1.165, 1.54) is 24.0 Å². The third-order valence-electron chi connectivity index (χ3n) is 4.48. The second kappa shape index (κ2) is 6.44. The molecule has 0 unspecified atom stereocenters. The third kappa shape index (κ3) is 3.46. The molecule has 2 aromatic carbocycles. The molecule has 1 heterocycles. The summed E-state index contributed by atoms with van der Waals surface area (Å²) in [5.74, 6) is 0.672. The Bertz CT molecular complexity index is 799. The highest BCUT2D eigenvalue weighted by molar-refractivity contribution is 6.01. The van der Waals surface area contributed by atoms with E-state index in [9.17, 15) is 4.79 Å². The molecule has 1 aliphatic carbocycles. The van der Waals surface area contributed by atoms with E-state index in [0.29, 0.717) is 18.9 Å². The molecule has 1 fully saturated rings. The maximum absolute atomic E-state index is 12.2. The SMILES string of the molecule is O=C(Cc1ccc(-c2ccccc2)cc1)NC1=CC(C2CC2)=NC1. The highest BCUT2D eigenvalue weighted by atomic mass is 16.1. The van der Waals surface area contributed by atoms with Crippen LogP contribution in [0.2, 0.25) is 0 Å². The fourth-order valence-corrected chi connectivity index (χ4v) is 3.00. The number of hydrogen-bond acceptors (Lipinski definition) is 2. The number of benzene rings is 2. The molecule has 4 rings (SSSR count). The van der Waals surface area contributed by atoms with E-state index in [-0.39, 0.29) is 5.91 Å². The largest absolute Gasteiger partial charge is 0.328 e. The van der Waals surface area contributed by atoms with Gasteiger partial charge in [0.05, 0.1) is 13.0 Å². The topological polar surface area (TPSA) is 41.5 Å². The fourth-order valence-electron chi connectivity index (χ4n) is 3.00. The lowest BCUT2D eigenvalue weighted by atomic mass is 10.0. The number of nitrogens with one attached hydrogen (secondary N) is 1. The van der Waals surface area contributed by atoms with Gasteiger partial charge in [0.15, 0.2) is 0 Å². The first-order valence-electron chi connectivity index (χ1n) is 8.47. The van der Waals surface area contributed by atoms with Gasteiger partial charge < -0.3 is 5.32 Å². The molecule has 2 aliphatic rings. The molecule has 0 spiro atoms. The molecule has 2 aromatic rings. The molecule has 3 heteroatoms. The van der Waals surface area contributed by atoms with Gasteiger partial charge >= 0.3 is 0 Å². The molecular formula is C21H20N2O. The Morgan fingerprint density at radius 2 is 1.71 bits per heavy atom. The molecule has 0 atom stereocenters. The summed E-state index contributed by atoms with van der Waals surface area (Å²) in [6.45, 7) is 0.616. The molecule has 3 nitrogen and oxygen atoms in total. The Kier molecular flexibility index (Phi) is 3.99. The minimum atomic E-state index is 0.0287. The number of carbonyl (C=O) groups excluding carboxylic acids is 1. The summed E-state index contributed by atoms with van der Waals surface area (Å²) in [5, 5.41) is 2.99. The number of aliphatic imine (C=N–C) groups is 1. The highest BCUT2D eigenvalue weighted by Gasteiger charge is 2.28. The zero-order valence-corrected chi connectivity index (χ0v) is 13.5. The van der Waals surface area contributed by atoms with Gasteiger partial charge in [0, 0.05) is 17.3 Å². The first kappa shape index (κ1) is 14.9. The summed E-state index contributed by atoms with van der Waals surface area (Å²) >= 11 is 0. The van der Waals surface area contributed by atoms with E-state index in [4.69, 9.17) is 0 Å². The second-order valence-corrected chi connectivity index (χ2v) is 6.47. The predicted molar refractivity (Wildman–Crippen MR) is 96.8 cm³/mol. The van der Waals surface area contributed by atoms with Crippen molar-refractivity contribution in [2.75, 3.05) is 6.54 Å². The molecule has 0 radical (unpaired) electrons. The Hall–Kier alpha value is -2.68. The quantitative estimate of drug-likeness (QED) is 0.896. The van der Waals surface area contributed by atoms with E-state index in [1.54, 1.807) is 0 Å². The fraction of sp³-hybridized carbons (Fsp3) is 0.238. The van der Waals surface area contributed by atoms with Crippen molar-refractivity contribution in [3.63, 3.8) is 0 Å². The molecule has 120 valence electrons. The predicted octanol–water partition coefficient (Wildman–Crippen LogP) is 3.76. The number of amides is 1. The van der Waals surface area contributed by atoms with Gasteiger partial charge in [0.1, 0.15) is 0 Å². The van der Waals surface area contributed by atoms with Gasteiger partial charge in [0.25, 0.3) is 0 Å². The van der Waals surface area contributed by atoms with Crippen LogP contribution < -0.4 is 5.32 Å². The summed E-state index contributed by atoms with van der Waals surface area (Å²) in [7, 11) is 0. The van der Waals surface area contributed by atoms with Gasteiger partial charge in [-0.15, -0.1) is 0 Å². The number of carbonyl (C=O) groups is 1. The van der Waals surface area contributed by atoms with Crippen LogP contribution in [0.3, 0.4) is 0 Å². The smallest absolute Gasteiger partial charge is 0.228 e. The Balaban J connectivity index is 1.35. The molecule has 1 amide bonds. The van der Waals surface area contributed by atoms with Crippen LogP contribution >= 0.6 is 0 Å². The van der Waals surface area contributed by atoms with Gasteiger partial charge in [0.2, 0.25) is 5.91 Å². The van der Waals surface area contributed by atoms with Crippen molar-refractivity contribution in [3.8, 4) is 11.1 Å². The van der Waals surface area contributed by atoms with E-state index >= 15 is 0 Å². The Labute approximate surface area is 142 Å². The molecule has 0 aromatic heterocycles. The summed E-state index contributed by atoms with van der Waals surface area (Å²) in [5.41, 5.74) is 5.48.